The fraction of sp³-hybridized carbons (Fsp3) is 0.562. The van der Waals surface area contributed by atoms with Gasteiger partial charge in [-0.1, -0.05) is 18.2 Å². The Morgan fingerprint density at radius 3 is 2.81 bits per heavy atom. The van der Waals surface area contributed by atoms with Gasteiger partial charge >= 0.3 is 0 Å². The van der Waals surface area contributed by atoms with Crippen LogP contribution in [-0.2, 0) is 11.3 Å². The van der Waals surface area contributed by atoms with Crippen molar-refractivity contribution in [3.63, 3.8) is 0 Å². The van der Waals surface area contributed by atoms with Gasteiger partial charge in [0.2, 0.25) is 0 Å². The fourth-order valence-electron chi connectivity index (χ4n) is 2.60. The number of hydrogen-bond acceptors (Lipinski definition) is 3. The van der Waals surface area contributed by atoms with E-state index in [1.54, 1.807) is 6.07 Å². The van der Waals surface area contributed by atoms with Crippen LogP contribution in [-0.4, -0.2) is 40.4 Å². The summed E-state index contributed by atoms with van der Waals surface area (Å²) < 4.78 is 5.73. The molecule has 1 aliphatic carbocycles. The van der Waals surface area contributed by atoms with E-state index in [2.05, 4.69) is 10.2 Å². The lowest BCUT2D eigenvalue weighted by atomic mass is 10.1. The summed E-state index contributed by atoms with van der Waals surface area (Å²) in [5, 5.41) is 14.1. The number of ether oxygens (including phenoxy) is 1. The maximum Gasteiger partial charge on any atom is 0.169 e. The van der Waals surface area contributed by atoms with Crippen molar-refractivity contribution in [2.75, 3.05) is 13.2 Å². The topological polar surface area (TPSA) is 44.7 Å². The van der Waals surface area contributed by atoms with Crippen LogP contribution in [0.3, 0.4) is 0 Å². The second-order valence-corrected chi connectivity index (χ2v) is 6.25. The van der Waals surface area contributed by atoms with Crippen molar-refractivity contribution >= 4 is 17.3 Å². The molecule has 4 nitrogen and oxygen atoms in total. The average molecular weight is 306 g/mol. The zero-order valence-electron chi connectivity index (χ0n) is 12.1. The maximum atomic E-state index is 9.97. The Kier molecular flexibility index (Phi) is 4.60. The summed E-state index contributed by atoms with van der Waals surface area (Å²) in [5.74, 6) is 0.323. The second-order valence-electron chi connectivity index (χ2n) is 5.87. The largest absolute Gasteiger partial charge is 0.508 e. The Bertz CT molecular complexity index is 499. The standard InChI is InChI=1S/C16H22N2O2S/c19-15-6-2-1-4-12(15)10-18(11-14-5-3-9-20-14)16(21)17-13-7-8-13/h1-2,4,6,13-14,19H,3,5,7-11H2,(H,17,21)/t14-/m1/s1. The third-order valence-electron chi connectivity index (χ3n) is 3.99. The van der Waals surface area contributed by atoms with Crippen molar-refractivity contribution < 1.29 is 9.84 Å². The summed E-state index contributed by atoms with van der Waals surface area (Å²) in [4.78, 5) is 2.12. The Balaban J connectivity index is 1.67. The summed E-state index contributed by atoms with van der Waals surface area (Å²) >= 11 is 5.55. The van der Waals surface area contributed by atoms with Crippen LogP contribution in [0.2, 0.25) is 0 Å². The number of nitrogens with one attached hydrogen (secondary N) is 1. The lowest BCUT2D eigenvalue weighted by Crippen LogP contribution is -2.43. The Morgan fingerprint density at radius 1 is 1.33 bits per heavy atom. The summed E-state index contributed by atoms with van der Waals surface area (Å²) in [6, 6.07) is 7.98. The number of phenols is 1. The molecule has 1 aliphatic heterocycles. The van der Waals surface area contributed by atoms with E-state index in [1.165, 1.54) is 12.8 Å². The number of rotatable bonds is 5. The third-order valence-corrected chi connectivity index (χ3v) is 4.37. The molecule has 1 saturated heterocycles. The van der Waals surface area contributed by atoms with Gasteiger partial charge < -0.3 is 20.1 Å². The van der Waals surface area contributed by atoms with Crippen LogP contribution in [0.1, 0.15) is 31.2 Å². The molecule has 1 aromatic rings. The van der Waals surface area contributed by atoms with E-state index in [4.69, 9.17) is 17.0 Å². The van der Waals surface area contributed by atoms with E-state index in [0.717, 1.165) is 36.7 Å². The highest BCUT2D eigenvalue weighted by Crippen LogP contribution is 2.22. The molecule has 1 saturated carbocycles. The van der Waals surface area contributed by atoms with Crippen molar-refractivity contribution in [3.8, 4) is 5.75 Å². The molecule has 0 spiro atoms. The van der Waals surface area contributed by atoms with Crippen LogP contribution < -0.4 is 5.32 Å². The zero-order valence-corrected chi connectivity index (χ0v) is 12.9. The summed E-state index contributed by atoms with van der Waals surface area (Å²) in [7, 11) is 0. The van der Waals surface area contributed by atoms with Crippen molar-refractivity contribution in [2.45, 2.75) is 44.4 Å². The van der Waals surface area contributed by atoms with Gasteiger partial charge in [0.05, 0.1) is 6.10 Å². The van der Waals surface area contributed by atoms with Gasteiger partial charge in [-0.05, 0) is 44.0 Å². The molecule has 1 heterocycles. The maximum absolute atomic E-state index is 9.97. The fourth-order valence-corrected chi connectivity index (χ4v) is 2.90. The Hall–Kier alpha value is -1.33. The molecular formula is C16H22N2O2S. The van der Waals surface area contributed by atoms with Gasteiger partial charge in [-0.15, -0.1) is 0 Å². The number of para-hydroxylation sites is 1. The van der Waals surface area contributed by atoms with Crippen molar-refractivity contribution in [2.24, 2.45) is 0 Å². The Morgan fingerprint density at radius 2 is 2.14 bits per heavy atom. The lowest BCUT2D eigenvalue weighted by molar-refractivity contribution is 0.0895. The van der Waals surface area contributed by atoms with E-state index in [-0.39, 0.29) is 6.10 Å². The third kappa shape index (κ3) is 4.08. The number of aromatic hydroxyl groups is 1. The molecule has 0 aromatic heterocycles. The van der Waals surface area contributed by atoms with Crippen molar-refractivity contribution in [1.82, 2.24) is 10.2 Å². The molecule has 3 rings (SSSR count). The van der Waals surface area contributed by atoms with Gasteiger partial charge in [0.15, 0.2) is 5.11 Å². The molecule has 2 aliphatic rings. The molecular weight excluding hydrogens is 284 g/mol. The van der Waals surface area contributed by atoms with E-state index in [0.29, 0.717) is 18.3 Å². The van der Waals surface area contributed by atoms with E-state index < -0.39 is 0 Å². The summed E-state index contributed by atoms with van der Waals surface area (Å²) in [6.45, 7) is 2.25. The molecule has 1 atom stereocenters. The molecule has 0 unspecified atom stereocenters. The van der Waals surface area contributed by atoms with Crippen molar-refractivity contribution in [1.29, 1.82) is 0 Å². The first kappa shape index (κ1) is 14.6. The smallest absolute Gasteiger partial charge is 0.169 e. The average Bonchev–Trinajstić information content (AvgIpc) is 3.13. The minimum absolute atomic E-state index is 0.245. The van der Waals surface area contributed by atoms with Gasteiger partial charge in [0.1, 0.15) is 5.75 Å². The van der Waals surface area contributed by atoms with Crippen LogP contribution in [0.4, 0.5) is 0 Å². The minimum atomic E-state index is 0.245. The van der Waals surface area contributed by atoms with Crippen LogP contribution in [0.25, 0.3) is 0 Å². The number of nitrogens with zero attached hydrogens (tertiary/aromatic N) is 1. The zero-order chi connectivity index (χ0) is 14.7. The molecule has 21 heavy (non-hydrogen) atoms. The van der Waals surface area contributed by atoms with Gasteiger partial charge in [-0.2, -0.15) is 0 Å². The SMILES string of the molecule is Oc1ccccc1CN(C[C@H]1CCCO1)C(=S)NC1CC1. The minimum Gasteiger partial charge on any atom is -0.508 e. The van der Waals surface area contributed by atoms with Gasteiger partial charge in [0.25, 0.3) is 0 Å². The normalized spacial score (nSPS) is 21.2. The van der Waals surface area contributed by atoms with Gasteiger partial charge in [-0.3, -0.25) is 0 Å². The summed E-state index contributed by atoms with van der Waals surface area (Å²) in [6.07, 6.45) is 4.85. The number of phenolic OH excluding ortho intramolecular Hbond substituents is 1. The van der Waals surface area contributed by atoms with E-state index in [9.17, 15) is 5.11 Å². The highest BCUT2D eigenvalue weighted by Gasteiger charge is 2.26. The number of hydrogen-bond donors (Lipinski definition) is 2. The summed E-state index contributed by atoms with van der Waals surface area (Å²) in [5.41, 5.74) is 0.899. The number of benzene rings is 1. The Labute approximate surface area is 131 Å². The molecule has 2 N–H and O–H groups in total. The first-order valence-corrected chi connectivity index (χ1v) is 8.07. The monoisotopic (exact) mass is 306 g/mol. The molecule has 114 valence electrons. The molecule has 1 aromatic carbocycles. The molecule has 5 heteroatoms. The lowest BCUT2D eigenvalue weighted by Gasteiger charge is -2.28. The van der Waals surface area contributed by atoms with Crippen LogP contribution >= 0.6 is 12.2 Å². The van der Waals surface area contributed by atoms with Crippen LogP contribution in [0.15, 0.2) is 24.3 Å². The first-order chi connectivity index (χ1) is 10.2. The quantitative estimate of drug-likeness (QED) is 0.818. The van der Waals surface area contributed by atoms with Crippen LogP contribution in [0.5, 0.6) is 5.75 Å². The molecule has 0 bridgehead atoms. The molecule has 2 fully saturated rings. The highest BCUT2D eigenvalue weighted by atomic mass is 32.1. The number of thiocarbonyl (C=S) groups is 1. The second kappa shape index (κ2) is 6.62. The van der Waals surface area contributed by atoms with Gasteiger partial charge in [-0.25, -0.2) is 0 Å². The van der Waals surface area contributed by atoms with E-state index >= 15 is 0 Å². The van der Waals surface area contributed by atoms with Crippen molar-refractivity contribution in [3.05, 3.63) is 29.8 Å². The van der Waals surface area contributed by atoms with Crippen LogP contribution in [0, 0.1) is 0 Å². The highest BCUT2D eigenvalue weighted by molar-refractivity contribution is 7.80. The van der Waals surface area contributed by atoms with E-state index in [1.807, 2.05) is 18.2 Å². The molecule has 0 amide bonds. The first-order valence-electron chi connectivity index (χ1n) is 7.66. The predicted octanol–water partition coefficient (Wildman–Crippen LogP) is 2.41. The van der Waals surface area contributed by atoms with Gasteiger partial charge in [0, 0.05) is 31.3 Å². The predicted molar refractivity (Wildman–Crippen MR) is 86.2 cm³/mol. The molecule has 0 radical (unpaired) electrons.